The lowest BCUT2D eigenvalue weighted by Gasteiger charge is -2.32. The average Bonchev–Trinajstić information content (AvgIpc) is 3.72. The Labute approximate surface area is 440 Å². The molecule has 0 saturated heterocycles. The zero-order chi connectivity index (χ0) is 53.7. The van der Waals surface area contributed by atoms with Gasteiger partial charge in [0.05, 0.1) is 28.2 Å². The van der Waals surface area contributed by atoms with E-state index in [9.17, 15) is 29.5 Å². The lowest BCUT2D eigenvalue weighted by atomic mass is 9.98. The van der Waals surface area contributed by atoms with E-state index in [0.717, 1.165) is 10.1 Å². The van der Waals surface area contributed by atoms with Gasteiger partial charge in [-0.05, 0) is 132 Å². The van der Waals surface area contributed by atoms with Crippen molar-refractivity contribution < 1.29 is 43.3 Å². The summed E-state index contributed by atoms with van der Waals surface area (Å²) in [7, 11) is 1.48. The number of carboxylic acid groups (broad SMARTS) is 1. The molecule has 0 unspecified atom stereocenters. The highest BCUT2D eigenvalue weighted by Gasteiger charge is 2.35. The maximum absolute atomic E-state index is 15.2. The fraction of sp³-hybridized carbons (Fsp3) is 0.407. The number of unbranched alkanes of at least 4 members (excludes halogenated alkanes) is 1. The molecule has 2 aromatic heterocycles. The van der Waals surface area contributed by atoms with Crippen LogP contribution in [0.1, 0.15) is 95.9 Å². The Balaban J connectivity index is 1.44. The van der Waals surface area contributed by atoms with Crippen LogP contribution in [0.4, 0.5) is 14.4 Å². The van der Waals surface area contributed by atoms with E-state index in [2.05, 4.69) is 32.7 Å². The summed E-state index contributed by atoms with van der Waals surface area (Å²) in [4.78, 5) is 89.1. The highest BCUT2D eigenvalue weighted by atomic mass is 35.5. The van der Waals surface area contributed by atoms with Crippen LogP contribution >= 0.6 is 23.4 Å². The van der Waals surface area contributed by atoms with Crippen molar-refractivity contribution in [2.24, 2.45) is 0 Å². The number of rotatable bonds is 12. The molecule has 0 radical (unpaired) electrons. The van der Waals surface area contributed by atoms with Crippen molar-refractivity contribution in [1.29, 1.82) is 5.26 Å². The Bertz CT molecular complexity index is 2890. The molecule has 0 saturated carbocycles. The fourth-order valence-corrected chi connectivity index (χ4v) is 9.72. The summed E-state index contributed by atoms with van der Waals surface area (Å²) in [5.74, 6) is -1.70. The highest BCUT2D eigenvalue weighted by molar-refractivity contribution is 7.99. The van der Waals surface area contributed by atoms with Crippen LogP contribution in [0.5, 0.6) is 0 Å². The minimum atomic E-state index is -1.26. The number of carbonyl (C=O) groups is 6. The van der Waals surface area contributed by atoms with Crippen LogP contribution in [-0.4, -0.2) is 105 Å². The van der Waals surface area contributed by atoms with Gasteiger partial charge in [0.25, 0.3) is 0 Å². The van der Waals surface area contributed by atoms with E-state index in [4.69, 9.17) is 26.1 Å². The molecule has 20 heteroatoms. The first-order valence-electron chi connectivity index (χ1n) is 24.4. The molecule has 392 valence electrons. The fourth-order valence-electron chi connectivity index (χ4n) is 8.38. The quantitative estimate of drug-likeness (QED) is 0.0642. The zero-order valence-corrected chi connectivity index (χ0v) is 44.2. The predicted molar refractivity (Wildman–Crippen MR) is 282 cm³/mol. The van der Waals surface area contributed by atoms with Gasteiger partial charge in [0.15, 0.2) is 0 Å². The molecular formula is C54H64ClN9O9S. The normalized spacial score (nSPS) is 16.9. The number of carbonyl (C=O) groups excluding carboxylic acids is 5. The molecule has 74 heavy (non-hydrogen) atoms. The first kappa shape index (κ1) is 56.2. The lowest BCUT2D eigenvalue weighted by Crippen LogP contribution is -2.57. The molecule has 0 spiro atoms. The second-order valence-electron chi connectivity index (χ2n) is 19.9. The van der Waals surface area contributed by atoms with Crippen LogP contribution in [0, 0.1) is 11.3 Å². The van der Waals surface area contributed by atoms with Gasteiger partial charge in [0, 0.05) is 62.3 Å². The summed E-state index contributed by atoms with van der Waals surface area (Å²) < 4.78 is 11.9. The van der Waals surface area contributed by atoms with Crippen molar-refractivity contribution in [3.63, 3.8) is 0 Å². The smallest absolute Gasteiger partial charge is 0.416 e. The molecule has 1 aliphatic rings. The predicted octanol–water partition coefficient (Wildman–Crippen LogP) is 8.55. The summed E-state index contributed by atoms with van der Waals surface area (Å²) in [6.07, 6.45) is 1.92. The van der Waals surface area contributed by atoms with E-state index < -0.39 is 65.3 Å². The molecule has 3 heterocycles. The van der Waals surface area contributed by atoms with Gasteiger partial charge in [-0.1, -0.05) is 65.8 Å². The van der Waals surface area contributed by atoms with Gasteiger partial charge in [-0.3, -0.25) is 19.0 Å². The van der Waals surface area contributed by atoms with E-state index in [1.54, 1.807) is 96.3 Å². The van der Waals surface area contributed by atoms with Crippen molar-refractivity contribution in [3.8, 4) is 17.2 Å². The summed E-state index contributed by atoms with van der Waals surface area (Å²) in [5.41, 5.74) is 2.67. The van der Waals surface area contributed by atoms with Crippen LogP contribution < -0.4 is 26.6 Å². The largest absolute Gasteiger partial charge is 0.464 e. The Hall–Kier alpha value is -7.14. The van der Waals surface area contributed by atoms with Crippen LogP contribution in [0.3, 0.4) is 0 Å². The SMILES string of the molecule is CN1C(=O)[C@H](CCCCNC(=O)OC(C)(C)C)NC(=O)[C@H](CCCNC(=O)OC(C)(C)C)NCc2cccnc2Sc2c(Cl)ccc(-c3ccc(C#N)cc3)c2CNC(=O)[C@@H]1Cc1cn(C(=O)O)c2ccccc12. The van der Waals surface area contributed by atoms with Gasteiger partial charge >= 0.3 is 18.3 Å². The third-order valence-electron chi connectivity index (χ3n) is 12.0. The molecule has 3 aromatic carbocycles. The summed E-state index contributed by atoms with van der Waals surface area (Å²) in [6, 6.07) is 19.9. The summed E-state index contributed by atoms with van der Waals surface area (Å²) >= 11 is 8.36. The summed E-state index contributed by atoms with van der Waals surface area (Å²) in [6.45, 7) is 11.0. The van der Waals surface area contributed by atoms with E-state index in [1.807, 2.05) is 24.3 Å². The van der Waals surface area contributed by atoms with Crippen LogP contribution in [0.25, 0.3) is 22.0 Å². The number of para-hydroxylation sites is 1. The number of aromatic nitrogens is 2. The first-order valence-corrected chi connectivity index (χ1v) is 25.6. The van der Waals surface area contributed by atoms with Gasteiger partial charge in [0.2, 0.25) is 17.7 Å². The topological polar surface area (TPSA) is 246 Å². The molecule has 5 amide bonds. The second kappa shape index (κ2) is 25.2. The molecule has 3 atom stereocenters. The Morgan fingerprint density at radius 2 is 1.51 bits per heavy atom. The molecular weight excluding hydrogens is 986 g/mol. The number of fused-ring (bicyclic) bond motifs is 3. The van der Waals surface area contributed by atoms with E-state index in [1.165, 1.54) is 29.9 Å². The molecule has 0 bridgehead atoms. The van der Waals surface area contributed by atoms with E-state index in [-0.39, 0.29) is 45.4 Å². The molecule has 5 aromatic rings. The van der Waals surface area contributed by atoms with Gasteiger partial charge in [0.1, 0.15) is 28.3 Å². The average molecular weight is 1050 g/mol. The third kappa shape index (κ3) is 15.4. The maximum atomic E-state index is 15.2. The minimum Gasteiger partial charge on any atom is -0.464 e. The Kier molecular flexibility index (Phi) is 19.1. The number of amides is 5. The Morgan fingerprint density at radius 3 is 2.18 bits per heavy atom. The van der Waals surface area contributed by atoms with Gasteiger partial charge in [-0.25, -0.2) is 19.4 Å². The number of ether oxygens (including phenoxy) is 2. The third-order valence-corrected chi connectivity index (χ3v) is 13.6. The number of pyridine rings is 1. The number of hydrogen-bond acceptors (Lipinski definition) is 12. The number of benzene rings is 3. The number of nitrogens with zero attached hydrogens (tertiary/aromatic N) is 4. The standard InChI is InChI=1S/C54H64ClN9O9S/c1-53(2,3)72-50(68)58-25-11-10-16-42-49(67)63(7)44(28-36-32-64(52(70)71)43-18-9-8-15-38(36)43)47(66)61-31-39-37(34-21-19-33(29-56)20-22-34)23-24-40(55)45(39)74-48-35(14-12-26-57-48)30-60-41(46(65)62-42)17-13-27-59-51(69)73-54(4,5)6/h8-9,12,14-15,18-24,26,32,41-42,44,60H,10-11,13,16-17,25,27-28,30-31H2,1-7H3,(H,58,68)(H,59,69)(H,61,66)(H,62,65)(H,70,71)/t41-,42-,44-/m0/s1. The number of hydrogen-bond donors (Lipinski definition) is 6. The van der Waals surface area contributed by atoms with Crippen molar-refractivity contribution >= 4 is 70.3 Å². The van der Waals surface area contributed by atoms with Crippen molar-refractivity contribution in [2.45, 2.75) is 132 Å². The van der Waals surface area contributed by atoms with Crippen molar-refractivity contribution in [3.05, 3.63) is 112 Å². The molecule has 6 rings (SSSR count). The number of nitrogens with one attached hydrogen (secondary N) is 5. The lowest BCUT2D eigenvalue weighted by molar-refractivity contribution is -0.142. The number of nitriles is 1. The van der Waals surface area contributed by atoms with Crippen LogP contribution in [0.15, 0.2) is 95.1 Å². The summed E-state index contributed by atoms with van der Waals surface area (Å²) in [5, 5.41) is 36.2. The number of halogens is 1. The zero-order valence-electron chi connectivity index (χ0n) is 42.7. The molecule has 0 fully saturated rings. The minimum absolute atomic E-state index is 0.0862. The molecule has 0 aliphatic carbocycles. The highest BCUT2D eigenvalue weighted by Crippen LogP contribution is 2.41. The van der Waals surface area contributed by atoms with E-state index in [0.29, 0.717) is 72.9 Å². The number of likely N-dealkylation sites (N-methyl/N-ethyl adjacent to an activating group) is 1. The molecule has 18 nitrogen and oxygen atoms in total. The second-order valence-corrected chi connectivity index (χ2v) is 21.3. The number of alkyl carbamates (subject to hydrolysis) is 2. The molecule has 1 aliphatic heterocycles. The van der Waals surface area contributed by atoms with E-state index >= 15 is 9.59 Å². The van der Waals surface area contributed by atoms with Gasteiger partial charge in [-0.15, -0.1) is 0 Å². The van der Waals surface area contributed by atoms with Crippen LogP contribution in [-0.2, 0) is 43.4 Å². The first-order chi connectivity index (χ1) is 35.1. The maximum Gasteiger partial charge on any atom is 0.416 e. The molecule has 6 N–H and O–H groups in total. The van der Waals surface area contributed by atoms with Crippen LogP contribution in [0.2, 0.25) is 5.02 Å². The van der Waals surface area contributed by atoms with Gasteiger partial charge < -0.3 is 46.1 Å². The monoisotopic (exact) mass is 1050 g/mol. The van der Waals surface area contributed by atoms with Crippen molar-refractivity contribution in [2.75, 3.05) is 20.1 Å². The Morgan fingerprint density at radius 1 is 0.851 bits per heavy atom. The van der Waals surface area contributed by atoms with Gasteiger partial charge in [-0.2, -0.15) is 5.26 Å². The van der Waals surface area contributed by atoms with Crippen molar-refractivity contribution in [1.82, 2.24) is 41.0 Å².